The Labute approximate surface area is 159 Å². The Hall–Kier alpha value is -1.48. The fourth-order valence-electron chi connectivity index (χ4n) is 3.04. The first-order valence-corrected chi connectivity index (χ1v) is 9.51. The monoisotopic (exact) mass is 374 g/mol. The number of hydrogen-bond donors (Lipinski definition) is 1. The zero-order chi connectivity index (χ0) is 17.8. The standard InChI is InChI=1S/C21H24Cl2N2/c1-15(2)9-10-24-12-17-14-25(21-6-4-3-5-18(17)21)13-16-7-8-19(22)20(23)11-16/h3-8,11,14-15,24H,9-10,12-13H2,1-2H3. The van der Waals surface area contributed by atoms with E-state index in [9.17, 15) is 0 Å². The predicted molar refractivity (Wildman–Crippen MR) is 109 cm³/mol. The molecule has 1 N–H and O–H groups in total. The zero-order valence-corrected chi connectivity index (χ0v) is 16.2. The van der Waals surface area contributed by atoms with Gasteiger partial charge in [-0.2, -0.15) is 0 Å². The molecule has 0 amide bonds. The van der Waals surface area contributed by atoms with Crippen molar-refractivity contribution in [3.8, 4) is 0 Å². The number of fused-ring (bicyclic) bond motifs is 1. The van der Waals surface area contributed by atoms with Crippen LogP contribution in [0.1, 0.15) is 31.4 Å². The van der Waals surface area contributed by atoms with Crippen LogP contribution in [0.25, 0.3) is 10.9 Å². The van der Waals surface area contributed by atoms with E-state index in [0.717, 1.165) is 31.1 Å². The maximum atomic E-state index is 6.16. The molecule has 3 rings (SSSR count). The molecule has 0 atom stereocenters. The molecular weight excluding hydrogens is 351 g/mol. The average Bonchev–Trinajstić information content (AvgIpc) is 2.93. The van der Waals surface area contributed by atoms with Crippen molar-refractivity contribution >= 4 is 34.1 Å². The minimum Gasteiger partial charge on any atom is -0.343 e. The number of aromatic nitrogens is 1. The molecule has 0 bridgehead atoms. The van der Waals surface area contributed by atoms with Crippen molar-refractivity contribution in [3.63, 3.8) is 0 Å². The lowest BCUT2D eigenvalue weighted by molar-refractivity contribution is 0.538. The van der Waals surface area contributed by atoms with Gasteiger partial charge in [0.25, 0.3) is 0 Å². The number of rotatable bonds is 7. The summed E-state index contributed by atoms with van der Waals surface area (Å²) in [5.74, 6) is 0.725. The molecule has 1 aromatic heterocycles. The van der Waals surface area contributed by atoms with Gasteiger partial charge in [-0.05, 0) is 48.2 Å². The number of halogens is 2. The van der Waals surface area contributed by atoms with Gasteiger partial charge in [0.2, 0.25) is 0 Å². The molecule has 0 radical (unpaired) electrons. The third kappa shape index (κ3) is 4.58. The first-order valence-electron chi connectivity index (χ1n) is 8.76. The summed E-state index contributed by atoms with van der Waals surface area (Å²) in [6.45, 7) is 7.23. The Morgan fingerprint density at radius 2 is 1.84 bits per heavy atom. The Morgan fingerprint density at radius 1 is 1.04 bits per heavy atom. The molecular formula is C21H24Cl2N2. The van der Waals surface area contributed by atoms with Crippen LogP contribution in [0.2, 0.25) is 10.0 Å². The molecule has 0 aliphatic carbocycles. The lowest BCUT2D eigenvalue weighted by Crippen LogP contribution is -2.16. The quantitative estimate of drug-likeness (QED) is 0.492. The summed E-state index contributed by atoms with van der Waals surface area (Å²) in [5, 5.41) is 6.07. The van der Waals surface area contributed by atoms with Crippen molar-refractivity contribution in [2.75, 3.05) is 6.54 Å². The van der Waals surface area contributed by atoms with Gasteiger partial charge in [-0.25, -0.2) is 0 Å². The summed E-state index contributed by atoms with van der Waals surface area (Å²) in [6.07, 6.45) is 3.44. The van der Waals surface area contributed by atoms with Crippen LogP contribution < -0.4 is 5.32 Å². The summed E-state index contributed by atoms with van der Waals surface area (Å²) in [5.41, 5.74) is 3.73. The van der Waals surface area contributed by atoms with E-state index in [2.05, 4.69) is 54.2 Å². The highest BCUT2D eigenvalue weighted by atomic mass is 35.5. The Bertz CT molecular complexity index is 852. The number of hydrogen-bond acceptors (Lipinski definition) is 1. The van der Waals surface area contributed by atoms with Crippen molar-refractivity contribution in [3.05, 3.63) is 69.8 Å². The average molecular weight is 375 g/mol. The van der Waals surface area contributed by atoms with Gasteiger partial charge >= 0.3 is 0 Å². The van der Waals surface area contributed by atoms with Crippen molar-refractivity contribution < 1.29 is 0 Å². The fraction of sp³-hybridized carbons (Fsp3) is 0.333. The van der Waals surface area contributed by atoms with Gasteiger partial charge in [0.15, 0.2) is 0 Å². The maximum Gasteiger partial charge on any atom is 0.0595 e. The number of benzene rings is 2. The lowest BCUT2D eigenvalue weighted by atomic mass is 10.1. The summed E-state index contributed by atoms with van der Waals surface area (Å²) in [4.78, 5) is 0. The van der Waals surface area contributed by atoms with Crippen molar-refractivity contribution in [2.24, 2.45) is 5.92 Å². The first-order chi connectivity index (χ1) is 12.0. The van der Waals surface area contributed by atoms with Crippen LogP contribution >= 0.6 is 23.2 Å². The van der Waals surface area contributed by atoms with Gasteiger partial charge < -0.3 is 9.88 Å². The number of para-hydroxylation sites is 1. The van der Waals surface area contributed by atoms with E-state index in [1.165, 1.54) is 22.9 Å². The normalized spacial score (nSPS) is 11.6. The molecule has 3 aromatic rings. The summed E-state index contributed by atoms with van der Waals surface area (Å²) < 4.78 is 2.29. The predicted octanol–water partition coefficient (Wildman–Crippen LogP) is 6.13. The van der Waals surface area contributed by atoms with Gasteiger partial charge in [-0.3, -0.25) is 0 Å². The van der Waals surface area contributed by atoms with Crippen LogP contribution in [0.4, 0.5) is 0 Å². The zero-order valence-electron chi connectivity index (χ0n) is 14.7. The number of nitrogens with zero attached hydrogens (tertiary/aromatic N) is 1. The molecule has 132 valence electrons. The minimum atomic E-state index is 0.595. The number of nitrogens with one attached hydrogen (secondary N) is 1. The highest BCUT2D eigenvalue weighted by Crippen LogP contribution is 2.26. The molecule has 0 aliphatic heterocycles. The summed E-state index contributed by atoms with van der Waals surface area (Å²) in [7, 11) is 0. The van der Waals surface area contributed by atoms with Crippen molar-refractivity contribution in [2.45, 2.75) is 33.4 Å². The summed E-state index contributed by atoms with van der Waals surface area (Å²) >= 11 is 12.2. The van der Waals surface area contributed by atoms with Gasteiger partial charge in [0.05, 0.1) is 10.0 Å². The van der Waals surface area contributed by atoms with E-state index < -0.39 is 0 Å². The summed E-state index contributed by atoms with van der Waals surface area (Å²) in [6, 6.07) is 14.4. The first kappa shape index (κ1) is 18.3. The topological polar surface area (TPSA) is 17.0 Å². The Kier molecular flexibility index (Phi) is 6.06. The fourth-order valence-corrected chi connectivity index (χ4v) is 3.36. The molecule has 0 saturated heterocycles. The maximum absolute atomic E-state index is 6.16. The second kappa shape index (κ2) is 8.27. The molecule has 1 heterocycles. The lowest BCUT2D eigenvalue weighted by Gasteiger charge is -2.07. The Morgan fingerprint density at radius 3 is 2.60 bits per heavy atom. The van der Waals surface area contributed by atoms with Crippen LogP contribution in [0.15, 0.2) is 48.7 Å². The van der Waals surface area contributed by atoms with Crippen LogP contribution in [-0.4, -0.2) is 11.1 Å². The van der Waals surface area contributed by atoms with Crippen molar-refractivity contribution in [1.82, 2.24) is 9.88 Å². The van der Waals surface area contributed by atoms with Crippen molar-refractivity contribution in [1.29, 1.82) is 0 Å². The van der Waals surface area contributed by atoms with Gasteiger partial charge in [-0.15, -0.1) is 0 Å². The molecule has 0 fully saturated rings. The van der Waals surface area contributed by atoms with Gasteiger partial charge in [0, 0.05) is 30.2 Å². The largest absolute Gasteiger partial charge is 0.343 e. The molecule has 25 heavy (non-hydrogen) atoms. The van der Waals surface area contributed by atoms with Gasteiger partial charge in [0.1, 0.15) is 0 Å². The van der Waals surface area contributed by atoms with Crippen LogP contribution in [0.5, 0.6) is 0 Å². The van der Waals surface area contributed by atoms with E-state index in [0.29, 0.717) is 10.0 Å². The second-order valence-electron chi connectivity index (χ2n) is 6.91. The molecule has 0 spiro atoms. The Balaban J connectivity index is 1.81. The SMILES string of the molecule is CC(C)CCNCc1cn(Cc2ccc(Cl)c(Cl)c2)c2ccccc12. The second-order valence-corrected chi connectivity index (χ2v) is 7.72. The van der Waals surface area contributed by atoms with Crippen LogP contribution in [0, 0.1) is 5.92 Å². The van der Waals surface area contributed by atoms with Crippen LogP contribution in [0.3, 0.4) is 0 Å². The molecule has 0 saturated carbocycles. The third-order valence-electron chi connectivity index (χ3n) is 4.42. The van der Waals surface area contributed by atoms with E-state index >= 15 is 0 Å². The molecule has 0 aliphatic rings. The minimum absolute atomic E-state index is 0.595. The highest BCUT2D eigenvalue weighted by molar-refractivity contribution is 6.42. The van der Waals surface area contributed by atoms with E-state index in [-0.39, 0.29) is 0 Å². The molecule has 2 aromatic carbocycles. The molecule has 0 unspecified atom stereocenters. The van der Waals surface area contributed by atoms with Crippen LogP contribution in [-0.2, 0) is 13.1 Å². The van der Waals surface area contributed by atoms with Gasteiger partial charge in [-0.1, -0.05) is 61.3 Å². The third-order valence-corrected chi connectivity index (χ3v) is 5.16. The van der Waals surface area contributed by atoms with E-state index in [1.54, 1.807) is 0 Å². The smallest absolute Gasteiger partial charge is 0.0595 e. The van der Waals surface area contributed by atoms with E-state index in [1.807, 2.05) is 18.2 Å². The van der Waals surface area contributed by atoms with E-state index in [4.69, 9.17) is 23.2 Å². The molecule has 2 nitrogen and oxygen atoms in total. The highest BCUT2D eigenvalue weighted by Gasteiger charge is 2.09. The molecule has 4 heteroatoms.